The monoisotopic (exact) mass is 457 g/mol. The number of hydrogen-bond donors (Lipinski definition) is 4. The van der Waals surface area contributed by atoms with Crippen LogP contribution in [0.4, 0.5) is 4.39 Å². The van der Waals surface area contributed by atoms with Crippen molar-refractivity contribution < 1.29 is 9.18 Å². The van der Waals surface area contributed by atoms with Crippen molar-refractivity contribution in [3.8, 4) is 0 Å². The summed E-state index contributed by atoms with van der Waals surface area (Å²) in [4.78, 5) is 18.3. The highest BCUT2D eigenvalue weighted by Crippen LogP contribution is 2.16. The molecule has 0 unspecified atom stereocenters. The fourth-order valence-corrected chi connectivity index (χ4v) is 3.85. The molecule has 32 heavy (non-hydrogen) atoms. The summed E-state index contributed by atoms with van der Waals surface area (Å²) >= 11 is 5.89. The molecule has 0 radical (unpaired) electrons. The van der Waals surface area contributed by atoms with Crippen LogP contribution in [-0.2, 0) is 6.42 Å². The molecule has 170 valence electrons. The van der Waals surface area contributed by atoms with Gasteiger partial charge in [-0.3, -0.25) is 4.79 Å². The highest BCUT2D eigenvalue weighted by molar-refractivity contribution is 6.33. The lowest BCUT2D eigenvalue weighted by atomic mass is 10.0. The van der Waals surface area contributed by atoms with E-state index in [1.165, 1.54) is 18.3 Å². The maximum atomic E-state index is 13.4. The van der Waals surface area contributed by atoms with Crippen molar-refractivity contribution in [1.82, 2.24) is 20.5 Å². The molecule has 5 N–H and O–H groups in total. The first-order valence-electron chi connectivity index (χ1n) is 10.5. The fraction of sp³-hybridized carbons (Fsp3) is 0.292. The van der Waals surface area contributed by atoms with Crippen molar-refractivity contribution in [2.45, 2.75) is 18.9 Å². The SMILES string of the molecule is C=C(Cl)/C=c1/cc(C(=O)N[C@@H](Cc2ccc(F)cc2)C(=C)N2CCCNCC2)[nH]/c1=C/N. The van der Waals surface area contributed by atoms with Gasteiger partial charge >= 0.3 is 0 Å². The summed E-state index contributed by atoms with van der Waals surface area (Å²) in [6.45, 7) is 11.4. The van der Waals surface area contributed by atoms with Gasteiger partial charge in [-0.2, -0.15) is 0 Å². The largest absolute Gasteiger partial charge is 0.403 e. The number of halogens is 2. The van der Waals surface area contributed by atoms with Crippen molar-refractivity contribution in [3.63, 3.8) is 0 Å². The highest BCUT2D eigenvalue weighted by atomic mass is 35.5. The molecule has 1 atom stereocenters. The van der Waals surface area contributed by atoms with E-state index in [4.69, 9.17) is 17.3 Å². The quantitative estimate of drug-likeness (QED) is 0.508. The number of benzene rings is 1. The molecule has 1 aromatic carbocycles. The third kappa shape index (κ3) is 6.24. The molecular formula is C24H29ClFN5O. The van der Waals surface area contributed by atoms with E-state index in [-0.39, 0.29) is 17.8 Å². The zero-order chi connectivity index (χ0) is 23.1. The third-order valence-electron chi connectivity index (χ3n) is 5.41. The zero-order valence-corrected chi connectivity index (χ0v) is 18.7. The molecule has 8 heteroatoms. The van der Waals surface area contributed by atoms with Crippen LogP contribution >= 0.6 is 11.6 Å². The van der Waals surface area contributed by atoms with Crippen LogP contribution in [0, 0.1) is 5.82 Å². The van der Waals surface area contributed by atoms with E-state index in [1.54, 1.807) is 24.3 Å². The number of hydrogen-bond acceptors (Lipinski definition) is 4. The molecule has 3 rings (SSSR count). The zero-order valence-electron chi connectivity index (χ0n) is 18.0. The van der Waals surface area contributed by atoms with Crippen molar-refractivity contribution in [2.75, 3.05) is 26.2 Å². The molecule has 1 aromatic heterocycles. The Labute approximate surface area is 192 Å². The minimum absolute atomic E-state index is 0.297. The summed E-state index contributed by atoms with van der Waals surface area (Å²) in [6.07, 6.45) is 4.49. The minimum Gasteiger partial charge on any atom is -0.403 e. The van der Waals surface area contributed by atoms with E-state index in [1.807, 2.05) is 0 Å². The molecule has 1 aliphatic rings. The molecule has 1 saturated heterocycles. The molecule has 0 aliphatic carbocycles. The van der Waals surface area contributed by atoms with Crippen LogP contribution in [0.5, 0.6) is 0 Å². The number of nitrogens with zero attached hydrogens (tertiary/aromatic N) is 1. The Bertz CT molecular complexity index is 1080. The van der Waals surface area contributed by atoms with E-state index in [9.17, 15) is 9.18 Å². The lowest BCUT2D eigenvalue weighted by Crippen LogP contribution is -2.44. The van der Waals surface area contributed by atoms with Crippen LogP contribution in [0.3, 0.4) is 0 Å². The van der Waals surface area contributed by atoms with Crippen LogP contribution in [0.25, 0.3) is 12.3 Å². The number of aromatic amines is 1. The highest BCUT2D eigenvalue weighted by Gasteiger charge is 2.23. The molecule has 0 saturated carbocycles. The molecule has 2 heterocycles. The molecule has 1 amide bonds. The Morgan fingerprint density at radius 1 is 1.28 bits per heavy atom. The summed E-state index contributed by atoms with van der Waals surface area (Å²) in [5, 5.41) is 8.03. The van der Waals surface area contributed by atoms with Crippen LogP contribution in [0.1, 0.15) is 22.5 Å². The van der Waals surface area contributed by atoms with Crippen molar-refractivity contribution >= 4 is 29.8 Å². The number of nitrogens with one attached hydrogen (secondary N) is 3. The Hall–Kier alpha value is -3.03. The average Bonchev–Trinajstić information content (AvgIpc) is 2.97. The van der Waals surface area contributed by atoms with Gasteiger partial charge in [-0.25, -0.2) is 4.39 Å². The first-order valence-corrected chi connectivity index (χ1v) is 10.9. The average molecular weight is 458 g/mol. The number of carbonyl (C=O) groups is 1. The summed E-state index contributed by atoms with van der Waals surface area (Å²) in [7, 11) is 0. The Morgan fingerprint density at radius 2 is 2.03 bits per heavy atom. The maximum Gasteiger partial charge on any atom is 0.268 e. The molecule has 2 aromatic rings. The number of carbonyl (C=O) groups excluding carboxylic acids is 1. The first kappa shape index (κ1) is 23.6. The predicted molar refractivity (Wildman–Crippen MR) is 128 cm³/mol. The van der Waals surface area contributed by atoms with Gasteiger partial charge in [-0.05, 0) is 49.2 Å². The second-order valence-electron chi connectivity index (χ2n) is 7.75. The van der Waals surface area contributed by atoms with Gasteiger partial charge in [0.05, 0.1) is 11.4 Å². The lowest BCUT2D eigenvalue weighted by molar-refractivity contribution is 0.0932. The second kappa shape index (κ2) is 11.0. The first-order chi connectivity index (χ1) is 15.4. The molecule has 1 aliphatic heterocycles. The van der Waals surface area contributed by atoms with Crippen molar-refractivity contribution in [1.29, 1.82) is 0 Å². The number of amides is 1. The van der Waals surface area contributed by atoms with E-state index < -0.39 is 0 Å². The third-order valence-corrected chi connectivity index (χ3v) is 5.52. The molecule has 6 nitrogen and oxygen atoms in total. The second-order valence-corrected chi connectivity index (χ2v) is 8.23. The van der Waals surface area contributed by atoms with E-state index in [2.05, 4.69) is 33.7 Å². The minimum atomic E-state index is -0.366. The smallest absolute Gasteiger partial charge is 0.268 e. The van der Waals surface area contributed by atoms with Crippen molar-refractivity contribution in [2.24, 2.45) is 5.73 Å². The van der Waals surface area contributed by atoms with Gasteiger partial charge in [0.15, 0.2) is 0 Å². The number of rotatable bonds is 7. The number of allylic oxidation sites excluding steroid dienone is 1. The summed E-state index contributed by atoms with van der Waals surface area (Å²) in [5.41, 5.74) is 7.75. The van der Waals surface area contributed by atoms with E-state index in [0.29, 0.717) is 27.7 Å². The van der Waals surface area contributed by atoms with Gasteiger partial charge in [-0.15, -0.1) is 0 Å². The normalized spacial score (nSPS) is 16.5. The Kier molecular flexibility index (Phi) is 8.14. The van der Waals surface area contributed by atoms with Gasteiger partial charge in [0.25, 0.3) is 5.91 Å². The van der Waals surface area contributed by atoms with Gasteiger partial charge in [0.1, 0.15) is 11.5 Å². The van der Waals surface area contributed by atoms with Crippen LogP contribution in [-0.4, -0.2) is 48.0 Å². The van der Waals surface area contributed by atoms with Crippen LogP contribution in [0.15, 0.2) is 54.2 Å². The van der Waals surface area contributed by atoms with Gasteiger partial charge in [-0.1, -0.05) is 36.9 Å². The van der Waals surface area contributed by atoms with Crippen molar-refractivity contribution in [3.05, 3.63) is 81.9 Å². The van der Waals surface area contributed by atoms with E-state index >= 15 is 0 Å². The summed E-state index contributed by atoms with van der Waals surface area (Å²) in [6, 6.07) is 7.59. The van der Waals surface area contributed by atoms with E-state index in [0.717, 1.165) is 43.9 Å². The lowest BCUT2D eigenvalue weighted by Gasteiger charge is -2.31. The molecular weight excluding hydrogens is 429 g/mol. The predicted octanol–water partition coefficient (Wildman–Crippen LogP) is 1.53. The number of H-pyrrole nitrogens is 1. The Morgan fingerprint density at radius 3 is 2.72 bits per heavy atom. The van der Waals surface area contributed by atoms with Gasteiger partial charge < -0.3 is 26.3 Å². The van der Waals surface area contributed by atoms with Gasteiger partial charge in [0, 0.05) is 41.8 Å². The van der Waals surface area contributed by atoms with Crippen LogP contribution in [0.2, 0.25) is 0 Å². The van der Waals surface area contributed by atoms with Crippen LogP contribution < -0.4 is 26.9 Å². The molecule has 1 fully saturated rings. The van der Waals surface area contributed by atoms with Gasteiger partial charge in [0.2, 0.25) is 0 Å². The summed E-state index contributed by atoms with van der Waals surface area (Å²) in [5.74, 6) is -0.595. The summed E-state index contributed by atoms with van der Waals surface area (Å²) < 4.78 is 13.4. The molecule has 0 bridgehead atoms. The standard InChI is InChI=1S/C24H29ClFN5O/c1-16(25)12-19-14-22(29-23(19)15-27)24(32)30-21(13-18-4-6-20(26)7-5-18)17(2)31-10-3-8-28-9-11-31/h4-7,12,14-15,21,28-29H,1-3,8-11,13,27H2,(H,30,32)/b19-12-,23-15+/t21-/m0/s1. The Balaban J connectivity index is 1.86. The topological polar surface area (TPSA) is 86.2 Å². The number of nitrogens with two attached hydrogens (primary N) is 1. The molecule has 0 spiro atoms. The number of aromatic nitrogens is 1. The fourth-order valence-electron chi connectivity index (χ4n) is 3.73. The maximum absolute atomic E-state index is 13.4.